The highest BCUT2D eigenvalue weighted by Gasteiger charge is 2.26. The largest absolute Gasteiger partial charge is 0.480 e. The lowest BCUT2D eigenvalue weighted by Crippen LogP contribution is -2.46. The zero-order valence-corrected chi connectivity index (χ0v) is 10.3. The van der Waals surface area contributed by atoms with Crippen LogP contribution in [-0.4, -0.2) is 47.3 Å². The number of halogens is 3. The number of nitrogens with one attached hydrogen (secondary N) is 1. The first-order chi connectivity index (χ1) is 8.13. The predicted octanol–water partition coefficient (Wildman–Crippen LogP) is 1.83. The number of amides is 2. The van der Waals surface area contributed by atoms with Gasteiger partial charge in [-0.1, -0.05) is 0 Å². The normalized spacial score (nSPS) is 11.4. The van der Waals surface area contributed by atoms with Gasteiger partial charge in [-0.3, -0.25) is 4.79 Å². The van der Waals surface area contributed by atoms with Crippen molar-refractivity contribution in [1.82, 2.24) is 10.2 Å². The molecule has 0 saturated heterocycles. The van der Waals surface area contributed by atoms with E-state index < -0.39 is 31.1 Å². The van der Waals surface area contributed by atoms with Crippen LogP contribution in [0.5, 0.6) is 0 Å². The number of aliphatic carboxylic acids is 1. The van der Waals surface area contributed by atoms with Crippen molar-refractivity contribution in [2.75, 3.05) is 13.1 Å². The van der Waals surface area contributed by atoms with Crippen LogP contribution in [0.2, 0.25) is 0 Å². The summed E-state index contributed by atoms with van der Waals surface area (Å²) in [7, 11) is 0. The van der Waals surface area contributed by atoms with Crippen LogP contribution >= 0.6 is 0 Å². The highest BCUT2D eigenvalue weighted by molar-refractivity contribution is 5.80. The van der Waals surface area contributed by atoms with E-state index in [1.807, 2.05) is 0 Å². The number of urea groups is 1. The van der Waals surface area contributed by atoms with Crippen LogP contribution in [0, 0.1) is 0 Å². The third kappa shape index (κ3) is 7.75. The summed E-state index contributed by atoms with van der Waals surface area (Å²) in [5.74, 6) is -1.17. The molecule has 0 aliphatic heterocycles. The molecule has 0 saturated carbocycles. The number of carbonyl (C=O) groups is 2. The maximum absolute atomic E-state index is 11.8. The Kier molecular flexibility index (Phi) is 6.50. The molecule has 5 nitrogen and oxygen atoms in total. The van der Waals surface area contributed by atoms with Crippen LogP contribution in [0.4, 0.5) is 18.0 Å². The van der Waals surface area contributed by atoms with Gasteiger partial charge in [0.2, 0.25) is 0 Å². The molecule has 0 aromatic carbocycles. The molecule has 0 radical (unpaired) electrons. The van der Waals surface area contributed by atoms with Crippen LogP contribution in [0.25, 0.3) is 0 Å². The maximum Gasteiger partial charge on any atom is 0.389 e. The molecule has 0 spiro atoms. The van der Waals surface area contributed by atoms with E-state index in [4.69, 9.17) is 5.11 Å². The molecule has 18 heavy (non-hydrogen) atoms. The second-order valence-corrected chi connectivity index (χ2v) is 4.07. The molecule has 0 bridgehead atoms. The molecule has 106 valence electrons. The van der Waals surface area contributed by atoms with Crippen molar-refractivity contribution >= 4 is 12.0 Å². The summed E-state index contributed by atoms with van der Waals surface area (Å²) in [6.07, 6.45) is -5.45. The Labute approximate surface area is 103 Å². The zero-order chi connectivity index (χ0) is 14.3. The number of rotatable bonds is 6. The Balaban J connectivity index is 4.08. The number of carboxylic acid groups (broad SMARTS) is 1. The van der Waals surface area contributed by atoms with Gasteiger partial charge < -0.3 is 15.3 Å². The topological polar surface area (TPSA) is 69.6 Å². The second kappa shape index (κ2) is 7.07. The average molecular weight is 270 g/mol. The Hall–Kier alpha value is -1.47. The molecule has 0 rings (SSSR count). The molecule has 8 heteroatoms. The van der Waals surface area contributed by atoms with E-state index in [1.54, 1.807) is 13.8 Å². The number of alkyl halides is 3. The summed E-state index contributed by atoms with van der Waals surface area (Å²) in [6, 6.07) is -1.02. The van der Waals surface area contributed by atoms with Crippen molar-refractivity contribution in [2.24, 2.45) is 0 Å². The van der Waals surface area contributed by atoms with E-state index in [9.17, 15) is 22.8 Å². The van der Waals surface area contributed by atoms with Gasteiger partial charge in [0.1, 0.15) is 6.54 Å². The molecule has 0 aliphatic rings. The first kappa shape index (κ1) is 16.5. The van der Waals surface area contributed by atoms with Crippen LogP contribution in [0.1, 0.15) is 26.7 Å². The Morgan fingerprint density at radius 3 is 2.28 bits per heavy atom. The van der Waals surface area contributed by atoms with Gasteiger partial charge in [-0.05, 0) is 20.3 Å². The van der Waals surface area contributed by atoms with E-state index in [2.05, 4.69) is 5.32 Å². The Morgan fingerprint density at radius 1 is 1.33 bits per heavy atom. The minimum absolute atomic E-state index is 0.138. The molecule has 2 N–H and O–H groups in total. The van der Waals surface area contributed by atoms with Crippen molar-refractivity contribution < 1.29 is 27.9 Å². The van der Waals surface area contributed by atoms with Gasteiger partial charge in [-0.25, -0.2) is 4.79 Å². The van der Waals surface area contributed by atoms with E-state index in [-0.39, 0.29) is 19.0 Å². The van der Waals surface area contributed by atoms with E-state index in [1.165, 1.54) is 0 Å². The van der Waals surface area contributed by atoms with Crippen LogP contribution in [-0.2, 0) is 4.79 Å². The fourth-order valence-corrected chi connectivity index (χ4v) is 1.22. The molecule has 0 unspecified atom stereocenters. The molecule has 0 fully saturated rings. The summed E-state index contributed by atoms with van der Waals surface area (Å²) in [4.78, 5) is 23.1. The van der Waals surface area contributed by atoms with Crippen LogP contribution in [0.15, 0.2) is 0 Å². The van der Waals surface area contributed by atoms with E-state index in [0.717, 1.165) is 4.90 Å². The van der Waals surface area contributed by atoms with Gasteiger partial charge in [0.05, 0.1) is 0 Å². The minimum Gasteiger partial charge on any atom is -0.480 e. The van der Waals surface area contributed by atoms with Crippen LogP contribution < -0.4 is 5.32 Å². The number of nitrogens with zero attached hydrogens (tertiary/aromatic N) is 1. The molecular weight excluding hydrogens is 253 g/mol. The van der Waals surface area contributed by atoms with Gasteiger partial charge in [-0.2, -0.15) is 13.2 Å². The first-order valence-electron chi connectivity index (χ1n) is 5.46. The summed E-state index contributed by atoms with van der Waals surface area (Å²) < 4.78 is 35.5. The summed E-state index contributed by atoms with van der Waals surface area (Å²) >= 11 is 0. The van der Waals surface area contributed by atoms with Crippen molar-refractivity contribution in [1.29, 1.82) is 0 Å². The zero-order valence-electron chi connectivity index (χ0n) is 10.3. The third-order valence-corrected chi connectivity index (χ3v) is 2.10. The maximum atomic E-state index is 11.8. The summed E-state index contributed by atoms with van der Waals surface area (Å²) in [6.45, 7) is 2.63. The number of hydrogen-bond donors (Lipinski definition) is 2. The molecule has 0 atom stereocenters. The Morgan fingerprint density at radius 2 is 1.89 bits per heavy atom. The SMILES string of the molecule is CC(C)N(CC(=O)O)C(=O)NCCCC(F)(F)F. The number of carbonyl (C=O) groups excluding carboxylic acids is 1. The van der Waals surface area contributed by atoms with Crippen molar-refractivity contribution in [3.05, 3.63) is 0 Å². The van der Waals surface area contributed by atoms with E-state index in [0.29, 0.717) is 0 Å². The lowest BCUT2D eigenvalue weighted by Gasteiger charge is -2.25. The fourth-order valence-electron chi connectivity index (χ4n) is 1.22. The Bertz CT molecular complexity index is 293. The van der Waals surface area contributed by atoms with E-state index >= 15 is 0 Å². The van der Waals surface area contributed by atoms with Gasteiger partial charge in [0, 0.05) is 19.0 Å². The van der Waals surface area contributed by atoms with Gasteiger partial charge in [0.15, 0.2) is 0 Å². The third-order valence-electron chi connectivity index (χ3n) is 2.10. The lowest BCUT2D eigenvalue weighted by atomic mass is 10.3. The molecule has 0 aliphatic carbocycles. The lowest BCUT2D eigenvalue weighted by molar-refractivity contribution is -0.138. The second-order valence-electron chi connectivity index (χ2n) is 4.07. The number of carboxylic acids is 1. The van der Waals surface area contributed by atoms with Gasteiger partial charge >= 0.3 is 18.2 Å². The van der Waals surface area contributed by atoms with Crippen molar-refractivity contribution in [2.45, 2.75) is 38.9 Å². The van der Waals surface area contributed by atoms with Gasteiger partial charge in [0.25, 0.3) is 0 Å². The van der Waals surface area contributed by atoms with Crippen LogP contribution in [0.3, 0.4) is 0 Å². The highest BCUT2D eigenvalue weighted by Crippen LogP contribution is 2.20. The molecule has 0 aromatic heterocycles. The average Bonchev–Trinajstić information content (AvgIpc) is 2.18. The monoisotopic (exact) mass is 270 g/mol. The molecule has 0 heterocycles. The summed E-state index contributed by atoms with van der Waals surface area (Å²) in [5.41, 5.74) is 0. The smallest absolute Gasteiger partial charge is 0.389 e. The van der Waals surface area contributed by atoms with Crippen molar-refractivity contribution in [3.63, 3.8) is 0 Å². The fraction of sp³-hybridized carbons (Fsp3) is 0.800. The summed E-state index contributed by atoms with van der Waals surface area (Å²) in [5, 5.41) is 10.9. The highest BCUT2D eigenvalue weighted by atomic mass is 19.4. The van der Waals surface area contributed by atoms with Gasteiger partial charge in [-0.15, -0.1) is 0 Å². The molecule has 2 amide bonds. The minimum atomic E-state index is -4.25. The molecular formula is C10H17F3N2O3. The van der Waals surface area contributed by atoms with Crippen molar-refractivity contribution in [3.8, 4) is 0 Å². The first-order valence-corrected chi connectivity index (χ1v) is 5.46. The number of hydrogen-bond acceptors (Lipinski definition) is 2. The molecule has 0 aromatic rings. The predicted molar refractivity (Wildman–Crippen MR) is 58.2 cm³/mol. The quantitative estimate of drug-likeness (QED) is 0.723. The standard InChI is InChI=1S/C10H17F3N2O3/c1-7(2)15(6-8(16)17)9(18)14-5-3-4-10(11,12)13/h7H,3-6H2,1-2H3,(H,14,18)(H,16,17).